The summed E-state index contributed by atoms with van der Waals surface area (Å²) < 4.78 is 13.9. The fourth-order valence-corrected chi connectivity index (χ4v) is 4.37. The maximum Gasteiger partial charge on any atom is 0.269 e. The molecule has 3 heterocycles. The van der Waals surface area contributed by atoms with Crippen molar-refractivity contribution in [1.29, 1.82) is 0 Å². The first kappa shape index (κ1) is 17.2. The van der Waals surface area contributed by atoms with Crippen molar-refractivity contribution in [2.75, 3.05) is 11.1 Å². The van der Waals surface area contributed by atoms with E-state index in [9.17, 15) is 4.79 Å². The maximum absolute atomic E-state index is 12.8. The van der Waals surface area contributed by atoms with Crippen molar-refractivity contribution in [1.82, 2.24) is 9.55 Å². The number of benzene rings is 2. The highest BCUT2D eigenvalue weighted by molar-refractivity contribution is 7.99. The molecule has 5 rings (SSSR count). The van der Waals surface area contributed by atoms with Gasteiger partial charge < -0.3 is 19.4 Å². The number of thioether (sulfide) groups is 1. The van der Waals surface area contributed by atoms with Gasteiger partial charge in [-0.2, -0.15) is 0 Å². The summed E-state index contributed by atoms with van der Waals surface area (Å²) in [6, 6.07) is 15.1. The van der Waals surface area contributed by atoms with Crippen LogP contribution in [0.4, 0.5) is 5.69 Å². The minimum absolute atomic E-state index is 0.234. The third kappa shape index (κ3) is 3.11. The summed E-state index contributed by atoms with van der Waals surface area (Å²) in [6.07, 6.45) is 0.963. The number of hydrogen-bond donors (Lipinski definition) is 1. The number of para-hydroxylation sites is 2. The average molecular weight is 393 g/mol. The van der Waals surface area contributed by atoms with Crippen molar-refractivity contribution >= 4 is 23.4 Å². The molecular weight excluding hydrogens is 374 g/mol. The number of hydrogen-bond acceptors (Lipinski definition) is 5. The Kier molecular flexibility index (Phi) is 4.24. The highest BCUT2D eigenvalue weighted by Gasteiger charge is 2.34. The monoisotopic (exact) mass is 393 g/mol. The summed E-state index contributed by atoms with van der Waals surface area (Å²) in [5.41, 5.74) is 2.59. The lowest BCUT2D eigenvalue weighted by atomic mass is 10.1. The molecule has 142 valence electrons. The van der Waals surface area contributed by atoms with Gasteiger partial charge in [0.15, 0.2) is 16.7 Å². The minimum atomic E-state index is -0.716. The van der Waals surface area contributed by atoms with Gasteiger partial charge in [0.05, 0.1) is 5.69 Å². The second kappa shape index (κ2) is 6.91. The molecule has 6 nitrogen and oxygen atoms in total. The summed E-state index contributed by atoms with van der Waals surface area (Å²) in [7, 11) is 0. The van der Waals surface area contributed by atoms with Crippen LogP contribution in [0.3, 0.4) is 0 Å². The normalized spacial score (nSPS) is 19.9. The molecule has 1 aromatic heterocycles. The fraction of sp³-hybridized carbons (Fsp3) is 0.238. The molecule has 2 atom stereocenters. The molecular formula is C21H19N3O3S. The standard InChI is InChI=1S/C21H19N3O3S/c1-13-19(27-18-8-3-2-7-17(18)26-13)20(25)22-15-6-4-5-14(11-15)16-12-24-9-10-28-21(24)23-16/h2-8,11-13,19H,9-10H2,1H3,(H,22,25)/t13-,19+/m1/s1. The van der Waals surface area contributed by atoms with Crippen molar-refractivity contribution in [3.8, 4) is 22.8 Å². The zero-order valence-electron chi connectivity index (χ0n) is 15.3. The van der Waals surface area contributed by atoms with E-state index in [0.29, 0.717) is 17.2 Å². The molecule has 2 aliphatic heterocycles. The number of fused-ring (bicyclic) bond motifs is 2. The molecule has 0 saturated heterocycles. The van der Waals surface area contributed by atoms with Crippen LogP contribution in [0.25, 0.3) is 11.3 Å². The van der Waals surface area contributed by atoms with E-state index in [1.165, 1.54) is 0 Å². The van der Waals surface area contributed by atoms with Crippen LogP contribution in [-0.2, 0) is 11.3 Å². The van der Waals surface area contributed by atoms with Gasteiger partial charge in [0.25, 0.3) is 5.91 Å². The number of anilines is 1. The van der Waals surface area contributed by atoms with Gasteiger partial charge in [0.1, 0.15) is 6.10 Å². The zero-order valence-corrected chi connectivity index (χ0v) is 16.1. The zero-order chi connectivity index (χ0) is 19.1. The number of carbonyl (C=O) groups is 1. The van der Waals surface area contributed by atoms with Gasteiger partial charge in [-0.25, -0.2) is 4.98 Å². The quantitative estimate of drug-likeness (QED) is 0.733. The molecule has 28 heavy (non-hydrogen) atoms. The highest BCUT2D eigenvalue weighted by Crippen LogP contribution is 2.34. The molecule has 7 heteroatoms. The Labute approximate surface area is 166 Å². The molecule has 0 spiro atoms. The predicted molar refractivity (Wildman–Crippen MR) is 108 cm³/mol. The first-order chi connectivity index (χ1) is 13.7. The lowest BCUT2D eigenvalue weighted by Crippen LogP contribution is -2.46. The van der Waals surface area contributed by atoms with Crippen LogP contribution >= 0.6 is 11.8 Å². The Hall–Kier alpha value is -2.93. The Morgan fingerprint density at radius 2 is 2.00 bits per heavy atom. The summed E-state index contributed by atoms with van der Waals surface area (Å²) in [6.45, 7) is 2.82. The van der Waals surface area contributed by atoms with Gasteiger partial charge in [-0.05, 0) is 31.2 Å². The molecule has 0 radical (unpaired) electrons. The smallest absolute Gasteiger partial charge is 0.269 e. The largest absolute Gasteiger partial charge is 0.482 e. The van der Waals surface area contributed by atoms with Gasteiger partial charge >= 0.3 is 0 Å². The minimum Gasteiger partial charge on any atom is -0.482 e. The Bertz CT molecular complexity index is 1030. The number of aromatic nitrogens is 2. The third-order valence-electron chi connectivity index (χ3n) is 4.83. The van der Waals surface area contributed by atoms with E-state index in [4.69, 9.17) is 9.47 Å². The van der Waals surface area contributed by atoms with E-state index in [1.54, 1.807) is 17.8 Å². The molecule has 0 bridgehead atoms. The molecule has 0 saturated carbocycles. The highest BCUT2D eigenvalue weighted by atomic mass is 32.2. The summed E-state index contributed by atoms with van der Waals surface area (Å²) >= 11 is 1.76. The van der Waals surface area contributed by atoms with E-state index in [2.05, 4.69) is 21.1 Å². The molecule has 2 aliphatic rings. The van der Waals surface area contributed by atoms with Gasteiger partial charge in [-0.15, -0.1) is 0 Å². The molecule has 0 aliphatic carbocycles. The van der Waals surface area contributed by atoms with Crippen molar-refractivity contribution in [2.24, 2.45) is 0 Å². The van der Waals surface area contributed by atoms with Crippen LogP contribution < -0.4 is 14.8 Å². The van der Waals surface area contributed by atoms with Crippen molar-refractivity contribution in [3.05, 3.63) is 54.7 Å². The molecule has 1 amide bonds. The number of ether oxygens (including phenoxy) is 2. The molecule has 2 aromatic carbocycles. The molecule has 1 N–H and O–H groups in total. The van der Waals surface area contributed by atoms with Crippen molar-refractivity contribution < 1.29 is 14.3 Å². The van der Waals surface area contributed by atoms with E-state index in [0.717, 1.165) is 28.7 Å². The molecule has 0 fully saturated rings. The van der Waals surface area contributed by atoms with Gasteiger partial charge in [-0.3, -0.25) is 4.79 Å². The van der Waals surface area contributed by atoms with Crippen LogP contribution in [0.15, 0.2) is 59.9 Å². The number of rotatable bonds is 3. The molecule has 3 aromatic rings. The number of imidazole rings is 1. The number of aryl methyl sites for hydroxylation is 1. The number of carbonyl (C=O) groups excluding carboxylic acids is 1. The second-order valence-corrected chi connectivity index (χ2v) is 7.89. The fourth-order valence-electron chi connectivity index (χ4n) is 3.42. The van der Waals surface area contributed by atoms with Crippen LogP contribution in [0.2, 0.25) is 0 Å². The lowest BCUT2D eigenvalue weighted by molar-refractivity contribution is -0.128. The average Bonchev–Trinajstić information content (AvgIpc) is 3.30. The lowest BCUT2D eigenvalue weighted by Gasteiger charge is -2.31. The van der Waals surface area contributed by atoms with E-state index < -0.39 is 6.10 Å². The number of nitrogens with one attached hydrogen (secondary N) is 1. The van der Waals surface area contributed by atoms with E-state index >= 15 is 0 Å². The Morgan fingerprint density at radius 1 is 1.18 bits per heavy atom. The van der Waals surface area contributed by atoms with Gasteiger partial charge in [0, 0.05) is 29.7 Å². The SMILES string of the molecule is C[C@H]1Oc2ccccc2O[C@@H]1C(=O)Nc1cccc(-c2cn3c(n2)SCC3)c1. The van der Waals surface area contributed by atoms with Gasteiger partial charge in [0.2, 0.25) is 6.10 Å². The molecule has 0 unspecified atom stereocenters. The summed E-state index contributed by atoms with van der Waals surface area (Å²) in [5, 5.41) is 3.99. The van der Waals surface area contributed by atoms with Gasteiger partial charge in [-0.1, -0.05) is 36.0 Å². The predicted octanol–water partition coefficient (Wildman–Crippen LogP) is 3.82. The van der Waals surface area contributed by atoms with Crippen molar-refractivity contribution in [3.63, 3.8) is 0 Å². The Balaban J connectivity index is 1.34. The Morgan fingerprint density at radius 3 is 2.82 bits per heavy atom. The maximum atomic E-state index is 12.8. The van der Waals surface area contributed by atoms with Crippen LogP contribution in [-0.4, -0.2) is 33.4 Å². The number of nitrogens with zero attached hydrogens (tertiary/aromatic N) is 2. The summed E-state index contributed by atoms with van der Waals surface area (Å²) in [5.74, 6) is 2.08. The van der Waals surface area contributed by atoms with E-state index in [1.807, 2.05) is 49.4 Å². The third-order valence-corrected chi connectivity index (χ3v) is 5.80. The first-order valence-electron chi connectivity index (χ1n) is 9.21. The van der Waals surface area contributed by atoms with Crippen molar-refractivity contribution in [2.45, 2.75) is 30.8 Å². The van der Waals surface area contributed by atoms with Crippen LogP contribution in [0.5, 0.6) is 11.5 Å². The first-order valence-corrected chi connectivity index (χ1v) is 10.2. The van der Waals surface area contributed by atoms with E-state index in [-0.39, 0.29) is 12.0 Å². The number of amides is 1. The summed E-state index contributed by atoms with van der Waals surface area (Å²) in [4.78, 5) is 17.5. The van der Waals surface area contributed by atoms with Crippen LogP contribution in [0, 0.1) is 0 Å². The second-order valence-electron chi connectivity index (χ2n) is 6.83. The topological polar surface area (TPSA) is 65.4 Å². The van der Waals surface area contributed by atoms with Crippen LogP contribution in [0.1, 0.15) is 6.92 Å².